The Morgan fingerprint density at radius 3 is 2.73 bits per heavy atom. The van der Waals surface area contributed by atoms with Crippen LogP contribution in [0.3, 0.4) is 0 Å². The van der Waals surface area contributed by atoms with Crippen molar-refractivity contribution in [2.45, 2.75) is 13.3 Å². The van der Waals surface area contributed by atoms with Gasteiger partial charge in [-0.05, 0) is 66.2 Å². The number of aryl methyl sites for hydroxylation is 1. The molecular weight excluding hydrogens is 408 g/mol. The van der Waals surface area contributed by atoms with E-state index in [4.69, 9.17) is 14.6 Å². The van der Waals surface area contributed by atoms with Crippen LogP contribution in [-0.4, -0.2) is 41.0 Å². The standard InChI is InChI=1S/C21H20N2O6S/c1-12-9-14(24)4-5-15(12)22-21-23-20(27)18(30-21)11-13-3-6-16(17(10-13)28-2)29-8-7-19(25)26/h3-6,9-11,24H,7-8H2,1-2H3,(H,25,26)(H,22,23,27)/b18-11+. The number of carbonyl (C=O) groups excluding carboxylic acids is 1. The Labute approximate surface area is 177 Å². The highest BCUT2D eigenvalue weighted by Gasteiger charge is 2.24. The first kappa shape index (κ1) is 21.3. The molecule has 1 aliphatic rings. The molecule has 3 rings (SSSR count). The van der Waals surface area contributed by atoms with Gasteiger partial charge in [0.05, 0.1) is 30.7 Å². The monoisotopic (exact) mass is 428 g/mol. The van der Waals surface area contributed by atoms with Crippen molar-refractivity contribution >= 4 is 40.6 Å². The largest absolute Gasteiger partial charge is 0.508 e. The maximum atomic E-state index is 12.3. The van der Waals surface area contributed by atoms with Crippen LogP contribution < -0.4 is 14.8 Å². The number of hydrogen-bond donors (Lipinski definition) is 3. The molecule has 8 nitrogen and oxygen atoms in total. The second-order valence-corrected chi connectivity index (χ2v) is 7.39. The smallest absolute Gasteiger partial charge is 0.306 e. The number of amidine groups is 1. The van der Waals surface area contributed by atoms with E-state index in [1.165, 1.54) is 24.9 Å². The third kappa shape index (κ3) is 5.32. The first-order chi connectivity index (χ1) is 14.4. The zero-order valence-electron chi connectivity index (χ0n) is 16.3. The maximum Gasteiger partial charge on any atom is 0.306 e. The predicted octanol–water partition coefficient (Wildman–Crippen LogP) is 3.45. The molecule has 3 N–H and O–H groups in total. The van der Waals surface area contributed by atoms with Crippen LogP contribution in [0.5, 0.6) is 17.2 Å². The molecule has 0 radical (unpaired) electrons. The van der Waals surface area contributed by atoms with Crippen LogP contribution >= 0.6 is 11.8 Å². The zero-order chi connectivity index (χ0) is 21.7. The van der Waals surface area contributed by atoms with Crippen molar-refractivity contribution in [2.24, 2.45) is 4.99 Å². The van der Waals surface area contributed by atoms with Crippen LogP contribution in [0.4, 0.5) is 5.69 Å². The van der Waals surface area contributed by atoms with E-state index >= 15 is 0 Å². The number of ether oxygens (including phenoxy) is 2. The molecule has 156 valence electrons. The number of hydrogen-bond acceptors (Lipinski definition) is 7. The van der Waals surface area contributed by atoms with Crippen LogP contribution in [0.15, 0.2) is 46.3 Å². The van der Waals surface area contributed by atoms with Gasteiger partial charge in [0.25, 0.3) is 5.91 Å². The molecule has 0 atom stereocenters. The Morgan fingerprint density at radius 1 is 1.23 bits per heavy atom. The number of rotatable bonds is 7. The molecule has 2 aromatic carbocycles. The summed E-state index contributed by atoms with van der Waals surface area (Å²) in [5, 5.41) is 21.4. The Balaban J connectivity index is 1.77. The van der Waals surface area contributed by atoms with E-state index < -0.39 is 5.97 Å². The normalized spacial score (nSPS) is 16.0. The molecule has 1 fully saturated rings. The number of methoxy groups -OCH3 is 1. The van der Waals surface area contributed by atoms with Crippen molar-refractivity contribution in [1.29, 1.82) is 0 Å². The summed E-state index contributed by atoms with van der Waals surface area (Å²) in [4.78, 5) is 27.8. The molecule has 0 bridgehead atoms. The Bertz CT molecular complexity index is 1050. The summed E-state index contributed by atoms with van der Waals surface area (Å²) in [7, 11) is 1.48. The molecule has 0 unspecified atom stereocenters. The van der Waals surface area contributed by atoms with Gasteiger partial charge in [-0.1, -0.05) is 6.07 Å². The molecule has 1 aliphatic heterocycles. The van der Waals surface area contributed by atoms with Crippen LogP contribution in [0.2, 0.25) is 0 Å². The van der Waals surface area contributed by atoms with Crippen molar-refractivity contribution in [2.75, 3.05) is 13.7 Å². The number of nitrogens with one attached hydrogen (secondary N) is 1. The second-order valence-electron chi connectivity index (χ2n) is 6.36. The van der Waals surface area contributed by atoms with E-state index in [2.05, 4.69) is 10.3 Å². The minimum Gasteiger partial charge on any atom is -0.508 e. The van der Waals surface area contributed by atoms with Crippen molar-refractivity contribution in [3.05, 3.63) is 52.4 Å². The number of aliphatic carboxylic acids is 1. The third-order valence-electron chi connectivity index (χ3n) is 4.11. The minimum atomic E-state index is -0.945. The summed E-state index contributed by atoms with van der Waals surface area (Å²) in [6.45, 7) is 1.85. The lowest BCUT2D eigenvalue weighted by Crippen LogP contribution is -2.19. The van der Waals surface area contributed by atoms with Gasteiger partial charge in [0.1, 0.15) is 5.75 Å². The van der Waals surface area contributed by atoms with E-state index in [-0.39, 0.29) is 24.7 Å². The van der Waals surface area contributed by atoms with Gasteiger partial charge in [-0.25, -0.2) is 4.99 Å². The van der Waals surface area contributed by atoms with E-state index in [0.717, 1.165) is 11.1 Å². The molecule has 0 aromatic heterocycles. The van der Waals surface area contributed by atoms with E-state index in [0.29, 0.717) is 27.3 Å². The summed E-state index contributed by atoms with van der Waals surface area (Å²) >= 11 is 1.21. The number of carboxylic acids is 1. The average molecular weight is 428 g/mol. The van der Waals surface area contributed by atoms with Gasteiger partial charge in [-0.3, -0.25) is 9.59 Å². The summed E-state index contributed by atoms with van der Waals surface area (Å²) in [6.07, 6.45) is 1.59. The van der Waals surface area contributed by atoms with Crippen molar-refractivity contribution in [3.8, 4) is 17.2 Å². The minimum absolute atomic E-state index is 0.0287. The SMILES string of the molecule is COc1cc(/C=C2/SC(=Nc3ccc(O)cc3C)NC2=O)ccc1OCCC(=O)O. The number of amides is 1. The molecule has 2 aromatic rings. The summed E-state index contributed by atoms with van der Waals surface area (Å²) < 4.78 is 10.7. The van der Waals surface area contributed by atoms with Crippen LogP contribution in [0.1, 0.15) is 17.5 Å². The lowest BCUT2D eigenvalue weighted by Gasteiger charge is -2.10. The molecule has 0 aliphatic carbocycles. The highest BCUT2D eigenvalue weighted by molar-refractivity contribution is 8.18. The molecule has 9 heteroatoms. The second kappa shape index (κ2) is 9.36. The number of carbonyl (C=O) groups is 2. The Hall–Kier alpha value is -3.46. The molecule has 30 heavy (non-hydrogen) atoms. The number of carboxylic acid groups (broad SMARTS) is 1. The van der Waals surface area contributed by atoms with Crippen LogP contribution in [0, 0.1) is 6.92 Å². The predicted molar refractivity (Wildman–Crippen MR) is 114 cm³/mol. The molecular formula is C21H20N2O6S. The number of nitrogens with zero attached hydrogens (tertiary/aromatic N) is 1. The number of thioether (sulfide) groups is 1. The van der Waals surface area contributed by atoms with Gasteiger partial charge in [-0.2, -0.15) is 0 Å². The summed E-state index contributed by atoms with van der Waals surface area (Å²) in [6, 6.07) is 9.94. The maximum absolute atomic E-state index is 12.3. The van der Waals surface area contributed by atoms with Gasteiger partial charge in [-0.15, -0.1) is 0 Å². The molecule has 0 spiro atoms. The number of phenolic OH excluding ortho intramolecular Hbond substituents is 1. The number of aliphatic imine (C=N–C) groups is 1. The van der Waals surface area contributed by atoms with Gasteiger partial charge in [0, 0.05) is 0 Å². The fourth-order valence-corrected chi connectivity index (χ4v) is 3.48. The first-order valence-corrected chi connectivity index (χ1v) is 9.79. The van der Waals surface area contributed by atoms with Gasteiger partial charge < -0.3 is 25.0 Å². The van der Waals surface area contributed by atoms with Crippen LogP contribution in [-0.2, 0) is 9.59 Å². The molecule has 0 saturated carbocycles. The third-order valence-corrected chi connectivity index (χ3v) is 5.02. The lowest BCUT2D eigenvalue weighted by atomic mass is 10.2. The highest BCUT2D eigenvalue weighted by atomic mass is 32.2. The Morgan fingerprint density at radius 2 is 2.03 bits per heavy atom. The quantitative estimate of drug-likeness (QED) is 0.578. The average Bonchev–Trinajstić information content (AvgIpc) is 3.03. The van der Waals surface area contributed by atoms with Gasteiger partial charge in [0.2, 0.25) is 0 Å². The van der Waals surface area contributed by atoms with Gasteiger partial charge in [0.15, 0.2) is 16.7 Å². The Kier molecular flexibility index (Phi) is 6.63. The summed E-state index contributed by atoms with van der Waals surface area (Å²) in [5.74, 6) is -0.193. The lowest BCUT2D eigenvalue weighted by molar-refractivity contribution is -0.137. The molecule has 1 heterocycles. The van der Waals surface area contributed by atoms with E-state index in [1.54, 1.807) is 36.4 Å². The summed E-state index contributed by atoms with van der Waals surface area (Å²) in [5.41, 5.74) is 2.16. The van der Waals surface area contributed by atoms with Gasteiger partial charge >= 0.3 is 5.97 Å². The molecule has 1 saturated heterocycles. The number of phenols is 1. The fourth-order valence-electron chi connectivity index (χ4n) is 2.65. The fraction of sp³-hybridized carbons (Fsp3) is 0.190. The topological polar surface area (TPSA) is 117 Å². The van der Waals surface area contributed by atoms with Crippen molar-refractivity contribution < 1.29 is 29.3 Å². The van der Waals surface area contributed by atoms with Crippen LogP contribution in [0.25, 0.3) is 6.08 Å². The molecule has 1 amide bonds. The number of aromatic hydroxyl groups is 1. The first-order valence-electron chi connectivity index (χ1n) is 8.97. The van der Waals surface area contributed by atoms with Crippen molar-refractivity contribution in [3.63, 3.8) is 0 Å². The van der Waals surface area contributed by atoms with E-state index in [9.17, 15) is 14.7 Å². The van der Waals surface area contributed by atoms with E-state index in [1.807, 2.05) is 6.92 Å². The highest BCUT2D eigenvalue weighted by Crippen LogP contribution is 2.33. The number of benzene rings is 2. The van der Waals surface area contributed by atoms with Crippen molar-refractivity contribution in [1.82, 2.24) is 5.32 Å². The zero-order valence-corrected chi connectivity index (χ0v) is 17.2.